The van der Waals surface area contributed by atoms with Crippen molar-refractivity contribution in [2.45, 2.75) is 24.8 Å². The first-order chi connectivity index (χ1) is 7.72. The van der Waals surface area contributed by atoms with Gasteiger partial charge in [0.1, 0.15) is 0 Å². The quantitative estimate of drug-likeness (QED) is 0.575. The lowest BCUT2D eigenvalue weighted by Crippen LogP contribution is -2.21. The molecule has 0 heterocycles. The molecule has 0 aliphatic carbocycles. The summed E-state index contributed by atoms with van der Waals surface area (Å²) >= 11 is 5.93. The summed E-state index contributed by atoms with van der Waals surface area (Å²) in [6.45, 7) is 2.19. The third-order valence-electron chi connectivity index (χ3n) is 2.66. The number of benzene rings is 1. The van der Waals surface area contributed by atoms with E-state index in [1.54, 1.807) is 14.2 Å². The molecule has 1 aromatic carbocycles. The maximum atomic E-state index is 5.93. The molecule has 4 heteroatoms. The molecule has 89 valence electrons. The maximum Gasteiger partial charge on any atom is 0.384 e. The molecule has 0 bridgehead atoms. The molecule has 0 spiro atoms. The third-order valence-corrected chi connectivity index (χ3v) is 4.80. The van der Waals surface area contributed by atoms with Gasteiger partial charge in [-0.05, 0) is 23.1 Å². The molecule has 0 saturated heterocycles. The Balaban J connectivity index is 2.75. The van der Waals surface area contributed by atoms with Crippen molar-refractivity contribution >= 4 is 20.9 Å². The minimum absolute atomic E-state index is 0.420. The van der Waals surface area contributed by atoms with Gasteiger partial charge in [-0.3, -0.25) is 0 Å². The molecule has 0 aliphatic heterocycles. The Labute approximate surface area is 104 Å². The Kier molecular flexibility index (Phi) is 6.06. The topological polar surface area (TPSA) is 18.5 Å². The first kappa shape index (κ1) is 13.7. The Morgan fingerprint density at radius 3 is 2.44 bits per heavy atom. The molecule has 0 saturated carbocycles. The lowest BCUT2D eigenvalue weighted by Gasteiger charge is -2.18. The van der Waals surface area contributed by atoms with Gasteiger partial charge in [-0.25, -0.2) is 0 Å². The van der Waals surface area contributed by atoms with Gasteiger partial charge in [0.15, 0.2) is 0 Å². The normalized spacial score (nSPS) is 13.1. The Morgan fingerprint density at radius 1 is 1.25 bits per heavy atom. The van der Waals surface area contributed by atoms with Crippen molar-refractivity contribution in [2.24, 2.45) is 0 Å². The van der Waals surface area contributed by atoms with Crippen LogP contribution >= 0.6 is 11.6 Å². The van der Waals surface area contributed by atoms with Gasteiger partial charge in [-0.2, -0.15) is 0 Å². The maximum absolute atomic E-state index is 5.93. The van der Waals surface area contributed by atoms with Crippen LogP contribution in [-0.2, 0) is 14.7 Å². The first-order valence-corrected chi connectivity index (χ1v) is 7.36. The van der Waals surface area contributed by atoms with Crippen LogP contribution in [0.15, 0.2) is 24.3 Å². The number of hydrogen-bond donors (Lipinski definition) is 0. The fourth-order valence-electron chi connectivity index (χ4n) is 1.75. The van der Waals surface area contributed by atoms with Crippen molar-refractivity contribution in [1.29, 1.82) is 0 Å². The van der Waals surface area contributed by atoms with E-state index in [2.05, 4.69) is 19.1 Å². The summed E-state index contributed by atoms with van der Waals surface area (Å²) < 4.78 is 10.6. The van der Waals surface area contributed by atoms with Crippen molar-refractivity contribution in [3.05, 3.63) is 35.4 Å². The van der Waals surface area contributed by atoms with Crippen LogP contribution in [0.3, 0.4) is 0 Å². The van der Waals surface area contributed by atoms with E-state index in [0.29, 0.717) is 11.8 Å². The molecule has 1 rings (SSSR count). The first-order valence-electron chi connectivity index (χ1n) is 5.30. The molecular formula is C12H18ClO2Si. The van der Waals surface area contributed by atoms with Crippen LogP contribution in [0, 0.1) is 0 Å². The van der Waals surface area contributed by atoms with E-state index in [1.165, 1.54) is 11.1 Å². The Hall–Kier alpha value is -0.353. The second-order valence-corrected chi connectivity index (χ2v) is 5.95. The predicted molar refractivity (Wildman–Crippen MR) is 69.0 cm³/mol. The monoisotopic (exact) mass is 257 g/mol. The van der Waals surface area contributed by atoms with Crippen LogP contribution in [0.5, 0.6) is 0 Å². The van der Waals surface area contributed by atoms with E-state index < -0.39 is 9.28 Å². The molecule has 0 N–H and O–H groups in total. The summed E-state index contributed by atoms with van der Waals surface area (Å²) in [5.74, 6) is 0.978. The lowest BCUT2D eigenvalue weighted by molar-refractivity contribution is 0.275. The third kappa shape index (κ3) is 3.59. The molecule has 1 atom stereocenters. The lowest BCUT2D eigenvalue weighted by atomic mass is 9.98. The number of halogens is 1. The highest BCUT2D eigenvalue weighted by molar-refractivity contribution is 6.44. The van der Waals surface area contributed by atoms with Gasteiger partial charge in [0.25, 0.3) is 0 Å². The minimum Gasteiger partial charge on any atom is -0.397 e. The molecule has 2 nitrogen and oxygen atoms in total. The van der Waals surface area contributed by atoms with Gasteiger partial charge in [-0.15, -0.1) is 11.6 Å². The van der Waals surface area contributed by atoms with Crippen LogP contribution in [0.1, 0.15) is 24.0 Å². The average Bonchev–Trinajstić information content (AvgIpc) is 2.35. The highest BCUT2D eigenvalue weighted by atomic mass is 35.5. The highest BCUT2D eigenvalue weighted by Gasteiger charge is 2.19. The predicted octanol–water partition coefficient (Wildman–Crippen LogP) is 3.31. The Bertz CT molecular complexity index is 316. The van der Waals surface area contributed by atoms with Crippen molar-refractivity contribution in [2.75, 3.05) is 14.2 Å². The van der Waals surface area contributed by atoms with Gasteiger partial charge >= 0.3 is 9.28 Å². The summed E-state index contributed by atoms with van der Waals surface area (Å²) in [5, 5.41) is 0. The van der Waals surface area contributed by atoms with E-state index in [4.69, 9.17) is 20.5 Å². The summed E-state index contributed by atoms with van der Waals surface area (Å²) in [4.78, 5) is 0. The van der Waals surface area contributed by atoms with Crippen LogP contribution in [0.25, 0.3) is 0 Å². The van der Waals surface area contributed by atoms with Crippen LogP contribution in [0.4, 0.5) is 0 Å². The molecular weight excluding hydrogens is 240 g/mol. The Morgan fingerprint density at radius 2 is 1.88 bits per heavy atom. The highest BCUT2D eigenvalue weighted by Crippen LogP contribution is 2.25. The molecule has 0 aliphatic rings. The average molecular weight is 258 g/mol. The molecule has 0 amide bonds. The summed E-state index contributed by atoms with van der Waals surface area (Å²) in [6.07, 6.45) is 0. The van der Waals surface area contributed by atoms with E-state index in [9.17, 15) is 0 Å². The van der Waals surface area contributed by atoms with Crippen LogP contribution in [0.2, 0.25) is 6.04 Å². The van der Waals surface area contributed by atoms with Crippen molar-refractivity contribution in [1.82, 2.24) is 0 Å². The van der Waals surface area contributed by atoms with Crippen molar-refractivity contribution in [3.63, 3.8) is 0 Å². The van der Waals surface area contributed by atoms with Crippen molar-refractivity contribution < 1.29 is 8.85 Å². The summed E-state index contributed by atoms with van der Waals surface area (Å²) in [6, 6.07) is 9.21. The van der Waals surface area contributed by atoms with E-state index in [0.717, 1.165) is 6.04 Å². The molecule has 0 aromatic heterocycles. The second kappa shape index (κ2) is 7.07. The van der Waals surface area contributed by atoms with E-state index in [1.807, 2.05) is 12.1 Å². The molecule has 16 heavy (non-hydrogen) atoms. The van der Waals surface area contributed by atoms with Gasteiger partial charge < -0.3 is 8.85 Å². The SMILES string of the molecule is CO[Si](CC(C)c1ccccc1CCl)OC. The largest absolute Gasteiger partial charge is 0.397 e. The smallest absolute Gasteiger partial charge is 0.384 e. The zero-order valence-electron chi connectivity index (χ0n) is 10.00. The second-order valence-electron chi connectivity index (χ2n) is 3.72. The van der Waals surface area contributed by atoms with E-state index >= 15 is 0 Å². The molecule has 1 radical (unpaired) electrons. The van der Waals surface area contributed by atoms with Gasteiger partial charge in [0.2, 0.25) is 0 Å². The van der Waals surface area contributed by atoms with Gasteiger partial charge in [-0.1, -0.05) is 31.2 Å². The number of alkyl halides is 1. The minimum atomic E-state index is -1.14. The summed E-state index contributed by atoms with van der Waals surface area (Å²) in [5.41, 5.74) is 2.50. The van der Waals surface area contributed by atoms with Crippen molar-refractivity contribution in [3.8, 4) is 0 Å². The fourth-order valence-corrected chi connectivity index (χ4v) is 3.21. The van der Waals surface area contributed by atoms with E-state index in [-0.39, 0.29) is 0 Å². The standard InChI is InChI=1S/C12H18ClO2Si/c1-10(9-16(14-2)15-3)12-7-5-4-6-11(12)8-13/h4-7,10H,8-9H2,1-3H3. The summed E-state index contributed by atoms with van der Waals surface area (Å²) in [7, 11) is 2.28. The zero-order chi connectivity index (χ0) is 12.0. The van der Waals surface area contributed by atoms with Crippen LogP contribution < -0.4 is 0 Å². The fraction of sp³-hybridized carbons (Fsp3) is 0.500. The van der Waals surface area contributed by atoms with Crippen LogP contribution in [-0.4, -0.2) is 23.5 Å². The van der Waals surface area contributed by atoms with Gasteiger partial charge in [0, 0.05) is 20.1 Å². The van der Waals surface area contributed by atoms with Gasteiger partial charge in [0.05, 0.1) is 0 Å². The molecule has 0 fully saturated rings. The molecule has 1 aromatic rings. The zero-order valence-corrected chi connectivity index (χ0v) is 11.8. The number of hydrogen-bond acceptors (Lipinski definition) is 2. The molecule has 1 unspecified atom stereocenters. The number of rotatable bonds is 6.